The summed E-state index contributed by atoms with van der Waals surface area (Å²) in [5, 5.41) is 0.801. The number of esters is 1. The van der Waals surface area contributed by atoms with Crippen molar-refractivity contribution in [2.75, 3.05) is 39.3 Å². The lowest BCUT2D eigenvalue weighted by molar-refractivity contribution is -0.141. The van der Waals surface area contributed by atoms with Gasteiger partial charge in [-0.1, -0.05) is 41.6 Å². The Morgan fingerprint density at radius 3 is 2.71 bits per heavy atom. The Bertz CT molecular complexity index is 852. The van der Waals surface area contributed by atoms with Gasteiger partial charge in [-0.15, -0.1) is 0 Å². The van der Waals surface area contributed by atoms with Crippen LogP contribution in [-0.2, 0) is 16.0 Å². The van der Waals surface area contributed by atoms with E-state index in [4.69, 9.17) is 16.3 Å². The molecule has 0 spiro atoms. The molecule has 0 bridgehead atoms. The molecule has 0 aromatic heterocycles. The van der Waals surface area contributed by atoms with Gasteiger partial charge in [0.2, 0.25) is 0 Å². The van der Waals surface area contributed by atoms with E-state index >= 15 is 0 Å². The average molecular weight is 417 g/mol. The fraction of sp³-hybridized carbons (Fsp3) is 0.409. The Balaban J connectivity index is 1.51. The van der Waals surface area contributed by atoms with E-state index in [9.17, 15) is 4.79 Å². The van der Waals surface area contributed by atoms with E-state index in [-0.39, 0.29) is 5.97 Å². The maximum absolute atomic E-state index is 11.0. The van der Waals surface area contributed by atoms with Gasteiger partial charge in [0.15, 0.2) is 0 Å². The van der Waals surface area contributed by atoms with E-state index in [1.807, 2.05) is 17.8 Å². The highest BCUT2D eigenvalue weighted by atomic mass is 35.5. The van der Waals surface area contributed by atoms with Crippen LogP contribution in [0.15, 0.2) is 52.3 Å². The molecule has 2 aliphatic rings. The molecule has 0 saturated carbocycles. The first-order valence-electron chi connectivity index (χ1n) is 9.75. The molecule has 1 unspecified atom stereocenters. The molecular formula is C22H25ClN2O2S. The van der Waals surface area contributed by atoms with Crippen molar-refractivity contribution in [2.45, 2.75) is 29.2 Å². The lowest BCUT2D eigenvalue weighted by Crippen LogP contribution is -2.48. The molecule has 1 fully saturated rings. The van der Waals surface area contributed by atoms with Crippen molar-refractivity contribution in [1.82, 2.24) is 9.80 Å². The minimum atomic E-state index is -0.207. The average Bonchev–Trinajstić information content (AvgIpc) is 2.85. The summed E-state index contributed by atoms with van der Waals surface area (Å²) in [5.74, 6) is -0.207. The Morgan fingerprint density at radius 2 is 1.93 bits per heavy atom. The van der Waals surface area contributed by atoms with Crippen LogP contribution in [0.25, 0.3) is 0 Å². The minimum Gasteiger partial charge on any atom is -0.465 e. The molecule has 0 amide bonds. The maximum Gasteiger partial charge on any atom is 0.302 e. The predicted molar refractivity (Wildman–Crippen MR) is 113 cm³/mol. The smallest absolute Gasteiger partial charge is 0.302 e. The number of carbonyl (C=O) groups is 1. The van der Waals surface area contributed by atoms with Gasteiger partial charge in [0.05, 0.1) is 0 Å². The Hall–Kier alpha value is -1.53. The molecule has 2 aromatic carbocycles. The number of nitrogens with zero attached hydrogens (tertiary/aromatic N) is 2. The topological polar surface area (TPSA) is 32.8 Å². The number of halogens is 1. The number of ether oxygens (including phenoxy) is 1. The number of benzene rings is 2. The highest BCUT2D eigenvalue weighted by molar-refractivity contribution is 7.99. The third-order valence-corrected chi connectivity index (χ3v) is 6.94. The van der Waals surface area contributed by atoms with Gasteiger partial charge in [-0.25, -0.2) is 0 Å². The van der Waals surface area contributed by atoms with E-state index in [2.05, 4.69) is 46.2 Å². The van der Waals surface area contributed by atoms with Crippen molar-refractivity contribution >= 4 is 29.3 Å². The predicted octanol–water partition coefficient (Wildman–Crippen LogP) is 4.27. The zero-order chi connectivity index (χ0) is 19.5. The van der Waals surface area contributed by atoms with Crippen LogP contribution in [0.3, 0.4) is 0 Å². The normalized spacial score (nSPS) is 20.1. The van der Waals surface area contributed by atoms with E-state index in [1.54, 1.807) is 0 Å². The van der Waals surface area contributed by atoms with E-state index in [0.29, 0.717) is 12.6 Å². The molecule has 6 heteroatoms. The third kappa shape index (κ3) is 4.54. The first-order valence-corrected chi connectivity index (χ1v) is 10.9. The number of hydrogen-bond acceptors (Lipinski definition) is 5. The molecule has 0 aliphatic carbocycles. The summed E-state index contributed by atoms with van der Waals surface area (Å²) in [4.78, 5) is 18.6. The maximum atomic E-state index is 11.0. The van der Waals surface area contributed by atoms with Gasteiger partial charge in [-0.05, 0) is 41.8 Å². The highest BCUT2D eigenvalue weighted by Gasteiger charge is 2.30. The van der Waals surface area contributed by atoms with Crippen molar-refractivity contribution in [1.29, 1.82) is 0 Å². The second-order valence-corrected chi connectivity index (χ2v) is 8.85. The van der Waals surface area contributed by atoms with Gasteiger partial charge in [-0.2, -0.15) is 0 Å². The van der Waals surface area contributed by atoms with Crippen molar-refractivity contribution in [3.63, 3.8) is 0 Å². The number of hydrogen-bond donors (Lipinski definition) is 0. The molecule has 4 rings (SSSR count). The Labute approximate surface area is 175 Å². The summed E-state index contributed by atoms with van der Waals surface area (Å²) < 4.78 is 5.09. The number of carbonyl (C=O) groups excluding carboxylic acids is 1. The van der Waals surface area contributed by atoms with E-state index in [0.717, 1.165) is 44.2 Å². The van der Waals surface area contributed by atoms with E-state index < -0.39 is 0 Å². The molecule has 148 valence electrons. The summed E-state index contributed by atoms with van der Waals surface area (Å²) in [7, 11) is 0. The van der Waals surface area contributed by atoms with Gasteiger partial charge >= 0.3 is 5.97 Å². The lowest BCUT2D eigenvalue weighted by atomic mass is 9.96. The van der Waals surface area contributed by atoms with Crippen molar-refractivity contribution in [2.24, 2.45) is 0 Å². The largest absolute Gasteiger partial charge is 0.465 e. The molecule has 28 heavy (non-hydrogen) atoms. The molecule has 1 atom stereocenters. The molecule has 2 aliphatic heterocycles. The van der Waals surface area contributed by atoms with Crippen LogP contribution in [0.4, 0.5) is 0 Å². The van der Waals surface area contributed by atoms with Gasteiger partial charge in [-0.3, -0.25) is 14.6 Å². The first kappa shape index (κ1) is 19.8. The number of piperazine rings is 1. The molecule has 1 saturated heterocycles. The van der Waals surface area contributed by atoms with Crippen molar-refractivity contribution in [3.05, 3.63) is 58.6 Å². The second-order valence-electron chi connectivity index (χ2n) is 7.33. The van der Waals surface area contributed by atoms with Crippen molar-refractivity contribution < 1.29 is 9.53 Å². The molecule has 4 nitrogen and oxygen atoms in total. The fourth-order valence-electron chi connectivity index (χ4n) is 4.02. The molecular weight excluding hydrogens is 392 g/mol. The van der Waals surface area contributed by atoms with Gasteiger partial charge in [0.25, 0.3) is 0 Å². The second kappa shape index (κ2) is 8.87. The molecule has 0 N–H and O–H groups in total. The van der Waals surface area contributed by atoms with Crippen LogP contribution < -0.4 is 0 Å². The van der Waals surface area contributed by atoms with Crippen LogP contribution in [0, 0.1) is 0 Å². The summed E-state index contributed by atoms with van der Waals surface area (Å²) in [6, 6.07) is 15.3. The monoisotopic (exact) mass is 416 g/mol. The Kier molecular flexibility index (Phi) is 6.26. The van der Waals surface area contributed by atoms with Gasteiger partial charge in [0, 0.05) is 60.5 Å². The summed E-state index contributed by atoms with van der Waals surface area (Å²) in [5.41, 5.74) is 2.74. The summed E-state index contributed by atoms with van der Waals surface area (Å²) >= 11 is 8.22. The minimum absolute atomic E-state index is 0.207. The van der Waals surface area contributed by atoms with Gasteiger partial charge < -0.3 is 4.74 Å². The van der Waals surface area contributed by atoms with E-state index in [1.165, 1.54) is 27.8 Å². The highest BCUT2D eigenvalue weighted by Crippen LogP contribution is 2.43. The summed E-state index contributed by atoms with van der Waals surface area (Å²) in [6.07, 6.45) is 1.00. The third-order valence-electron chi connectivity index (χ3n) is 5.50. The van der Waals surface area contributed by atoms with Crippen LogP contribution in [0.2, 0.25) is 5.02 Å². The molecule has 2 heterocycles. The van der Waals surface area contributed by atoms with Crippen LogP contribution >= 0.6 is 23.4 Å². The Morgan fingerprint density at radius 1 is 1.14 bits per heavy atom. The fourth-order valence-corrected chi connectivity index (χ4v) is 5.32. The zero-order valence-corrected chi connectivity index (χ0v) is 17.6. The first-order chi connectivity index (χ1) is 13.6. The standard InChI is InChI=1S/C22H25ClN2O2S/c1-16(26)27-13-12-24-8-10-25(11-9-24)20-14-17-4-2-3-5-21(17)28-22-7-6-18(23)15-19(20)22/h2-7,15,20H,8-14H2,1H3. The molecule has 2 aromatic rings. The zero-order valence-electron chi connectivity index (χ0n) is 16.1. The van der Waals surface area contributed by atoms with Crippen LogP contribution in [-0.4, -0.2) is 55.1 Å². The lowest BCUT2D eigenvalue weighted by Gasteiger charge is -2.39. The van der Waals surface area contributed by atoms with Gasteiger partial charge in [0.1, 0.15) is 6.61 Å². The number of fused-ring (bicyclic) bond motifs is 2. The quantitative estimate of drug-likeness (QED) is 0.695. The van der Waals surface area contributed by atoms with Crippen molar-refractivity contribution in [3.8, 4) is 0 Å². The number of rotatable bonds is 4. The van der Waals surface area contributed by atoms with Crippen LogP contribution in [0.5, 0.6) is 0 Å². The SMILES string of the molecule is CC(=O)OCCN1CCN(C2Cc3ccccc3Sc3ccc(Cl)cc32)CC1. The van der Waals surface area contributed by atoms with Crippen LogP contribution in [0.1, 0.15) is 24.1 Å². The molecule has 0 radical (unpaired) electrons. The summed E-state index contributed by atoms with van der Waals surface area (Å²) in [6.45, 7) is 6.72.